The Kier molecular flexibility index (Phi) is 7.40. The third kappa shape index (κ3) is 4.20. The van der Waals surface area contributed by atoms with Gasteiger partial charge in [-0.3, -0.25) is 0 Å². The Morgan fingerprint density at radius 2 is 1.73 bits per heavy atom. The molecule has 0 saturated heterocycles. The summed E-state index contributed by atoms with van der Waals surface area (Å²) in [6.07, 6.45) is 12.3. The van der Waals surface area contributed by atoms with Crippen molar-refractivity contribution in [2.75, 3.05) is 0 Å². The molecule has 0 radical (unpaired) electrons. The Balaban J connectivity index is 0.000000431. The summed E-state index contributed by atoms with van der Waals surface area (Å²) in [5.41, 5.74) is 5.83. The van der Waals surface area contributed by atoms with Gasteiger partial charge in [0.15, 0.2) is 0 Å². The minimum atomic E-state index is 0.423. The molecule has 0 amide bonds. The largest absolute Gasteiger partial charge is 0.0654 e. The number of hydrogen-bond acceptors (Lipinski definition) is 0. The first-order valence-corrected chi connectivity index (χ1v) is 11.5. The fourth-order valence-electron chi connectivity index (χ4n) is 5.78. The lowest BCUT2D eigenvalue weighted by molar-refractivity contribution is 0.0226. The van der Waals surface area contributed by atoms with Gasteiger partial charge in [-0.15, -0.1) is 0 Å². The second kappa shape index (κ2) is 8.94. The van der Waals surface area contributed by atoms with Crippen molar-refractivity contribution in [3.05, 3.63) is 34.9 Å². The molecule has 26 heavy (non-hydrogen) atoms. The maximum absolute atomic E-state index is 2.57. The maximum atomic E-state index is 2.57. The first kappa shape index (κ1) is 21.5. The summed E-state index contributed by atoms with van der Waals surface area (Å²) >= 11 is 0. The van der Waals surface area contributed by atoms with Crippen LogP contribution in [0.5, 0.6) is 0 Å². The van der Waals surface area contributed by atoms with Crippen LogP contribution < -0.4 is 0 Å². The Bertz CT molecular complexity index is 567. The molecule has 0 N–H and O–H groups in total. The first-order valence-electron chi connectivity index (χ1n) is 11.5. The fourth-order valence-corrected chi connectivity index (χ4v) is 5.78. The number of aryl methyl sites for hydroxylation is 1. The normalized spacial score (nSPS) is 30.2. The average Bonchev–Trinajstić information content (AvgIpc) is 2.62. The summed E-state index contributed by atoms with van der Waals surface area (Å²) in [7, 11) is 0. The van der Waals surface area contributed by atoms with E-state index in [0.29, 0.717) is 16.7 Å². The fraction of sp³-hybridized carbons (Fsp3) is 0.769. The molecular formula is C26H44. The number of rotatable bonds is 4. The van der Waals surface area contributed by atoms with Gasteiger partial charge >= 0.3 is 0 Å². The van der Waals surface area contributed by atoms with Gasteiger partial charge in [-0.05, 0) is 65.0 Å². The van der Waals surface area contributed by atoms with Gasteiger partial charge in [0.25, 0.3) is 0 Å². The summed E-state index contributed by atoms with van der Waals surface area (Å²) < 4.78 is 0. The summed E-state index contributed by atoms with van der Waals surface area (Å²) in [6, 6.07) is 7.40. The lowest BCUT2D eigenvalue weighted by Gasteiger charge is -2.55. The van der Waals surface area contributed by atoms with Gasteiger partial charge in [-0.1, -0.05) is 98.8 Å². The molecule has 2 aliphatic rings. The van der Waals surface area contributed by atoms with Gasteiger partial charge in [0.05, 0.1) is 0 Å². The van der Waals surface area contributed by atoms with Gasteiger partial charge < -0.3 is 0 Å². The van der Waals surface area contributed by atoms with E-state index in [9.17, 15) is 0 Å². The third-order valence-electron chi connectivity index (χ3n) is 7.68. The lowest BCUT2D eigenvalue weighted by atomic mass is 9.49. The van der Waals surface area contributed by atoms with E-state index in [1.165, 1.54) is 63.4 Å². The summed E-state index contributed by atoms with van der Waals surface area (Å²) in [4.78, 5) is 0. The molecule has 1 fully saturated rings. The highest BCUT2D eigenvalue weighted by Crippen LogP contribution is 2.58. The predicted molar refractivity (Wildman–Crippen MR) is 117 cm³/mol. The molecule has 0 aromatic heterocycles. The molecule has 0 spiro atoms. The van der Waals surface area contributed by atoms with Gasteiger partial charge in [0.1, 0.15) is 0 Å². The van der Waals surface area contributed by atoms with Crippen LogP contribution in [0.2, 0.25) is 0 Å². The zero-order valence-corrected chi connectivity index (χ0v) is 18.8. The maximum Gasteiger partial charge on any atom is -0.00390 e. The van der Waals surface area contributed by atoms with Crippen molar-refractivity contribution in [1.82, 2.24) is 0 Å². The summed E-state index contributed by atoms with van der Waals surface area (Å²) in [6.45, 7) is 16.6. The average molecular weight is 357 g/mol. The van der Waals surface area contributed by atoms with E-state index in [2.05, 4.69) is 66.7 Å². The van der Waals surface area contributed by atoms with Crippen LogP contribution in [0.4, 0.5) is 0 Å². The molecule has 0 nitrogen and oxygen atoms in total. The van der Waals surface area contributed by atoms with E-state index in [0.717, 1.165) is 5.92 Å². The molecule has 0 heteroatoms. The van der Waals surface area contributed by atoms with Crippen molar-refractivity contribution in [2.24, 2.45) is 11.3 Å². The smallest absolute Gasteiger partial charge is 0.00390 e. The van der Waals surface area contributed by atoms with Crippen LogP contribution in [-0.4, -0.2) is 0 Å². The van der Waals surface area contributed by atoms with Crippen molar-refractivity contribution < 1.29 is 0 Å². The van der Waals surface area contributed by atoms with E-state index in [1.807, 2.05) is 0 Å². The molecule has 1 aromatic carbocycles. The highest BCUT2D eigenvalue weighted by molar-refractivity contribution is 5.42. The van der Waals surface area contributed by atoms with Crippen LogP contribution in [0.15, 0.2) is 18.2 Å². The van der Waals surface area contributed by atoms with Gasteiger partial charge in [0, 0.05) is 0 Å². The summed E-state index contributed by atoms with van der Waals surface area (Å²) in [5.74, 6) is 1.52. The molecule has 3 atom stereocenters. The predicted octanol–water partition coefficient (Wildman–Crippen LogP) is 8.43. The zero-order chi connectivity index (χ0) is 19.4. The Hall–Kier alpha value is -0.780. The molecular weight excluding hydrogens is 312 g/mol. The second-order valence-electron chi connectivity index (χ2n) is 9.79. The standard InChI is InChI=1S/C21H32.C5H12/c1-6-20(4)12-7-13-21(5)18-10-8-16(15(2)3)14-17(18)9-11-19(20)21;1-3-5-4-2/h8,10,14-15,19H,6-7,9,11-13H2,1-5H3;3-5H2,1-2H3. The van der Waals surface area contributed by atoms with Crippen LogP contribution in [0.25, 0.3) is 0 Å². The molecule has 0 bridgehead atoms. The molecule has 3 unspecified atom stereocenters. The van der Waals surface area contributed by atoms with Crippen molar-refractivity contribution in [3.8, 4) is 0 Å². The van der Waals surface area contributed by atoms with Crippen LogP contribution in [-0.2, 0) is 11.8 Å². The minimum Gasteiger partial charge on any atom is -0.0654 e. The second-order valence-corrected chi connectivity index (χ2v) is 9.79. The first-order chi connectivity index (χ1) is 12.3. The summed E-state index contributed by atoms with van der Waals surface area (Å²) in [5, 5.41) is 0. The Morgan fingerprint density at radius 1 is 1.04 bits per heavy atom. The van der Waals surface area contributed by atoms with E-state index >= 15 is 0 Å². The van der Waals surface area contributed by atoms with Crippen LogP contribution in [0.3, 0.4) is 0 Å². The van der Waals surface area contributed by atoms with E-state index in [-0.39, 0.29) is 0 Å². The van der Waals surface area contributed by atoms with Crippen molar-refractivity contribution in [3.63, 3.8) is 0 Å². The number of unbranched alkanes of at least 4 members (excludes halogenated alkanes) is 2. The molecule has 1 saturated carbocycles. The van der Waals surface area contributed by atoms with Crippen molar-refractivity contribution in [2.45, 2.75) is 118 Å². The Labute approximate surface area is 164 Å². The SMILES string of the molecule is CCC1(C)CCCC2(C)c3ccc(C(C)C)cc3CCC12.CCCCC. The van der Waals surface area contributed by atoms with E-state index < -0.39 is 0 Å². The monoisotopic (exact) mass is 356 g/mol. The van der Waals surface area contributed by atoms with Crippen molar-refractivity contribution in [1.29, 1.82) is 0 Å². The molecule has 3 rings (SSSR count). The highest BCUT2D eigenvalue weighted by Gasteiger charge is 2.50. The molecule has 1 aromatic rings. The van der Waals surface area contributed by atoms with Crippen molar-refractivity contribution >= 4 is 0 Å². The number of fused-ring (bicyclic) bond motifs is 3. The highest BCUT2D eigenvalue weighted by atomic mass is 14.5. The van der Waals surface area contributed by atoms with Crippen LogP contribution >= 0.6 is 0 Å². The molecule has 2 aliphatic carbocycles. The van der Waals surface area contributed by atoms with E-state index in [4.69, 9.17) is 0 Å². The molecule has 0 aliphatic heterocycles. The molecule has 148 valence electrons. The van der Waals surface area contributed by atoms with Gasteiger partial charge in [0.2, 0.25) is 0 Å². The van der Waals surface area contributed by atoms with Crippen LogP contribution in [0.1, 0.15) is 122 Å². The lowest BCUT2D eigenvalue weighted by Crippen LogP contribution is -2.48. The quantitative estimate of drug-likeness (QED) is 0.507. The van der Waals surface area contributed by atoms with Gasteiger partial charge in [-0.25, -0.2) is 0 Å². The van der Waals surface area contributed by atoms with Gasteiger partial charge in [-0.2, -0.15) is 0 Å². The molecule has 0 heterocycles. The third-order valence-corrected chi connectivity index (χ3v) is 7.68. The number of benzene rings is 1. The number of hydrogen-bond donors (Lipinski definition) is 0. The minimum absolute atomic E-state index is 0.423. The zero-order valence-electron chi connectivity index (χ0n) is 18.8. The topological polar surface area (TPSA) is 0 Å². The Morgan fingerprint density at radius 3 is 2.27 bits per heavy atom. The van der Waals surface area contributed by atoms with Crippen LogP contribution in [0, 0.1) is 11.3 Å². The van der Waals surface area contributed by atoms with E-state index in [1.54, 1.807) is 11.1 Å².